The third-order valence-electron chi connectivity index (χ3n) is 10.6. The maximum Gasteiger partial charge on any atom is 0.247 e. The number of aliphatic hydroxyl groups is 2. The summed E-state index contributed by atoms with van der Waals surface area (Å²) in [4.78, 5) is 27.2. The van der Waals surface area contributed by atoms with Crippen LogP contribution in [0.25, 0.3) is 22.3 Å². The van der Waals surface area contributed by atoms with Gasteiger partial charge in [0.15, 0.2) is 11.6 Å². The van der Waals surface area contributed by atoms with Crippen molar-refractivity contribution in [1.29, 1.82) is 0 Å². The van der Waals surface area contributed by atoms with E-state index in [0.29, 0.717) is 47.4 Å². The van der Waals surface area contributed by atoms with Gasteiger partial charge in [0.25, 0.3) is 0 Å². The Morgan fingerprint density at radius 2 is 1.32 bits per heavy atom. The van der Waals surface area contributed by atoms with Gasteiger partial charge in [-0.2, -0.15) is 0 Å². The zero-order valence-electron chi connectivity index (χ0n) is 31.5. The van der Waals surface area contributed by atoms with E-state index in [1.165, 1.54) is 11.0 Å². The molecular formula is C41H45F2N7O6. The molecule has 3 aliphatic rings. The number of halogens is 2. The van der Waals surface area contributed by atoms with Crippen LogP contribution in [-0.4, -0.2) is 62.7 Å². The number of aromatic nitrogens is 2. The van der Waals surface area contributed by atoms with Crippen LogP contribution in [0.4, 0.5) is 37.2 Å². The molecule has 0 bridgehead atoms. The van der Waals surface area contributed by atoms with E-state index in [1.807, 2.05) is 51.1 Å². The van der Waals surface area contributed by atoms with Gasteiger partial charge in [-0.1, -0.05) is 22.4 Å². The SMILES string of the molecule is Cc1noc(C)c1-c1ccc(NC2CC(O)C2)c(N)c1.Cc1noc(C)c1-c1ccc(NC2CC(O)C2)c(NC(=O)[C@@H]2CCC(=O)N2c2ccc(F)c(F)c2)c1. The summed E-state index contributed by atoms with van der Waals surface area (Å²) in [6, 6.07) is 14.1. The molecule has 7 N–H and O–H groups in total. The predicted octanol–water partition coefficient (Wildman–Crippen LogP) is 6.78. The quantitative estimate of drug-likeness (QED) is 0.0866. The van der Waals surface area contributed by atoms with Crippen LogP contribution in [0.3, 0.4) is 0 Å². The first-order valence-electron chi connectivity index (χ1n) is 18.6. The summed E-state index contributed by atoms with van der Waals surface area (Å²) in [6.45, 7) is 7.45. The molecular weight excluding hydrogens is 724 g/mol. The highest BCUT2D eigenvalue weighted by Gasteiger charge is 2.38. The minimum atomic E-state index is -1.09. The second kappa shape index (κ2) is 15.7. The molecule has 2 amide bonds. The number of nitrogens with one attached hydrogen (secondary N) is 3. The van der Waals surface area contributed by atoms with Crippen molar-refractivity contribution in [2.75, 3.05) is 26.6 Å². The second-order valence-corrected chi connectivity index (χ2v) is 14.8. The first-order chi connectivity index (χ1) is 26.7. The maximum atomic E-state index is 13.9. The van der Waals surface area contributed by atoms with E-state index in [2.05, 4.69) is 26.3 Å². The van der Waals surface area contributed by atoms with Crippen molar-refractivity contribution in [3.05, 3.63) is 89.1 Å². The van der Waals surface area contributed by atoms with E-state index in [9.17, 15) is 28.6 Å². The molecule has 0 radical (unpaired) electrons. The van der Waals surface area contributed by atoms with Crippen LogP contribution in [-0.2, 0) is 9.59 Å². The van der Waals surface area contributed by atoms with Crippen LogP contribution in [0.1, 0.15) is 61.4 Å². The van der Waals surface area contributed by atoms with E-state index in [-0.39, 0.29) is 42.7 Å². The molecule has 5 aromatic rings. The summed E-state index contributed by atoms with van der Waals surface area (Å²) < 4.78 is 37.8. The number of anilines is 5. The lowest BCUT2D eigenvalue weighted by atomic mass is 9.89. The molecule has 13 nitrogen and oxygen atoms in total. The van der Waals surface area contributed by atoms with Crippen molar-refractivity contribution in [3.63, 3.8) is 0 Å². The number of hydrogen-bond donors (Lipinski definition) is 6. The highest BCUT2D eigenvalue weighted by molar-refractivity contribution is 6.08. The molecule has 2 saturated carbocycles. The fourth-order valence-electron chi connectivity index (χ4n) is 7.53. The van der Waals surface area contributed by atoms with Gasteiger partial charge in [0.1, 0.15) is 17.6 Å². The molecule has 3 aromatic carbocycles. The van der Waals surface area contributed by atoms with Gasteiger partial charge in [-0.05, 0) is 107 Å². The Hall–Kier alpha value is -5.80. The number of carbonyl (C=O) groups is 2. The zero-order chi connectivity index (χ0) is 39.8. The number of nitrogens with zero attached hydrogens (tertiary/aromatic N) is 3. The third kappa shape index (κ3) is 7.95. The summed E-state index contributed by atoms with van der Waals surface area (Å²) in [5.74, 6) is -1.47. The first-order valence-corrected chi connectivity index (χ1v) is 18.6. The van der Waals surface area contributed by atoms with Crippen LogP contribution in [0, 0.1) is 39.3 Å². The summed E-state index contributed by atoms with van der Waals surface area (Å²) in [5, 5.41) is 36.6. The Morgan fingerprint density at radius 1 is 0.768 bits per heavy atom. The lowest BCUT2D eigenvalue weighted by molar-refractivity contribution is -0.120. The second-order valence-electron chi connectivity index (χ2n) is 14.8. The Kier molecular flexibility index (Phi) is 10.8. The minimum absolute atomic E-state index is 0.0623. The normalized spacial score (nSPS) is 21.5. The minimum Gasteiger partial charge on any atom is -0.397 e. The topological polar surface area (TPSA) is 192 Å². The fourth-order valence-corrected chi connectivity index (χ4v) is 7.53. The van der Waals surface area contributed by atoms with Crippen molar-refractivity contribution in [2.45, 2.75) is 96.6 Å². The fraction of sp³-hybridized carbons (Fsp3) is 0.366. The van der Waals surface area contributed by atoms with Gasteiger partial charge in [0.05, 0.1) is 46.3 Å². The number of nitrogen functional groups attached to an aromatic ring is 1. The largest absolute Gasteiger partial charge is 0.397 e. The molecule has 15 heteroatoms. The van der Waals surface area contributed by atoms with E-state index in [1.54, 1.807) is 13.0 Å². The molecule has 1 atom stereocenters. The number of amides is 2. The Balaban J connectivity index is 0.000000202. The van der Waals surface area contributed by atoms with Crippen molar-refractivity contribution >= 4 is 40.3 Å². The molecule has 2 aliphatic carbocycles. The van der Waals surface area contributed by atoms with Gasteiger partial charge in [-0.15, -0.1) is 0 Å². The van der Waals surface area contributed by atoms with Gasteiger partial charge in [-0.25, -0.2) is 8.78 Å². The highest BCUT2D eigenvalue weighted by atomic mass is 19.2. The number of nitrogens with two attached hydrogens (primary N) is 1. The molecule has 1 aliphatic heterocycles. The molecule has 0 unspecified atom stereocenters. The summed E-state index contributed by atoms with van der Waals surface area (Å²) in [6.07, 6.45) is 2.59. The third-order valence-corrected chi connectivity index (χ3v) is 10.6. The summed E-state index contributed by atoms with van der Waals surface area (Å²) in [5.41, 5.74) is 14.2. The van der Waals surface area contributed by atoms with Crippen molar-refractivity contribution in [3.8, 4) is 22.3 Å². The van der Waals surface area contributed by atoms with Gasteiger partial charge in [-0.3, -0.25) is 14.5 Å². The van der Waals surface area contributed by atoms with Crippen LogP contribution < -0.4 is 26.6 Å². The molecule has 1 saturated heterocycles. The van der Waals surface area contributed by atoms with Crippen molar-refractivity contribution < 1.29 is 37.6 Å². The monoisotopic (exact) mass is 769 g/mol. The van der Waals surface area contributed by atoms with Gasteiger partial charge in [0.2, 0.25) is 11.8 Å². The number of rotatable bonds is 9. The lowest BCUT2D eigenvalue weighted by Gasteiger charge is -2.33. The van der Waals surface area contributed by atoms with Crippen LogP contribution in [0.2, 0.25) is 0 Å². The average Bonchev–Trinajstić information content (AvgIpc) is 3.80. The van der Waals surface area contributed by atoms with Crippen molar-refractivity contribution in [2.24, 2.45) is 0 Å². The predicted molar refractivity (Wildman–Crippen MR) is 208 cm³/mol. The van der Waals surface area contributed by atoms with E-state index >= 15 is 0 Å². The number of aliphatic hydroxyl groups excluding tert-OH is 2. The molecule has 3 fully saturated rings. The summed E-state index contributed by atoms with van der Waals surface area (Å²) >= 11 is 0. The van der Waals surface area contributed by atoms with Gasteiger partial charge >= 0.3 is 0 Å². The molecule has 294 valence electrons. The molecule has 3 heterocycles. The van der Waals surface area contributed by atoms with Crippen LogP contribution in [0.15, 0.2) is 63.6 Å². The standard InChI is InChI=1S/C26H26F2N4O4.C15H19N3O2/c1-13-25(14(2)36-31-13)15-3-6-21(29-16-10-18(33)11-16)22(9-15)30-26(35)23-7-8-24(34)32(23)17-4-5-19(27)20(28)12-17;1-8-15(9(2)20-18-8)10-3-4-14(13(16)5-10)17-11-6-12(19)7-11/h3-6,9,12,16,18,23,29,33H,7-8,10-11H2,1-2H3,(H,30,35);3-5,11-12,17,19H,6-7,16H2,1-2H3/t16?,18?,23-;/m0./s1. The Bertz CT molecular complexity index is 2220. The smallest absolute Gasteiger partial charge is 0.247 e. The Morgan fingerprint density at radius 3 is 1.84 bits per heavy atom. The Labute approximate surface area is 322 Å². The van der Waals surface area contributed by atoms with E-state index < -0.39 is 23.6 Å². The summed E-state index contributed by atoms with van der Waals surface area (Å²) in [7, 11) is 0. The van der Waals surface area contributed by atoms with Crippen molar-refractivity contribution in [1.82, 2.24) is 10.3 Å². The molecule has 2 aromatic heterocycles. The lowest BCUT2D eigenvalue weighted by Crippen LogP contribution is -2.42. The maximum absolute atomic E-state index is 13.9. The van der Waals surface area contributed by atoms with Gasteiger partial charge < -0.3 is 40.9 Å². The number of benzene rings is 3. The molecule has 8 rings (SSSR count). The highest BCUT2D eigenvalue weighted by Crippen LogP contribution is 2.37. The zero-order valence-corrected chi connectivity index (χ0v) is 31.5. The van der Waals surface area contributed by atoms with E-state index in [0.717, 1.165) is 64.4 Å². The first kappa shape index (κ1) is 38.5. The van der Waals surface area contributed by atoms with Gasteiger partial charge in [0, 0.05) is 41.4 Å². The molecule has 0 spiro atoms. The average molecular weight is 770 g/mol. The van der Waals surface area contributed by atoms with E-state index in [4.69, 9.17) is 14.8 Å². The number of hydrogen-bond acceptors (Lipinski definition) is 11. The van der Waals surface area contributed by atoms with Crippen LogP contribution in [0.5, 0.6) is 0 Å². The molecule has 56 heavy (non-hydrogen) atoms. The number of aryl methyl sites for hydroxylation is 4. The van der Waals surface area contributed by atoms with Crippen LogP contribution >= 0.6 is 0 Å². The number of carbonyl (C=O) groups excluding carboxylic acids is 2.